The van der Waals surface area contributed by atoms with E-state index in [0.717, 1.165) is 0 Å². The summed E-state index contributed by atoms with van der Waals surface area (Å²) in [5.41, 5.74) is 1.29. The number of rotatable bonds is 4. The van der Waals surface area contributed by atoms with Crippen LogP contribution in [0.4, 0.5) is 0 Å². The number of carbonyl (C=O) groups is 1. The molecule has 2 rings (SSSR count). The van der Waals surface area contributed by atoms with Gasteiger partial charge in [-0.3, -0.25) is 4.79 Å². The summed E-state index contributed by atoms with van der Waals surface area (Å²) < 4.78 is 1.58. The Bertz CT molecular complexity index is 566. The number of fused-ring (bicyclic) bond motifs is 1. The van der Waals surface area contributed by atoms with Crippen molar-refractivity contribution in [1.82, 2.24) is 30.3 Å². The van der Waals surface area contributed by atoms with Crippen LogP contribution in [0.15, 0.2) is 11.4 Å². The van der Waals surface area contributed by atoms with Crippen LogP contribution in [0, 0.1) is 0 Å². The van der Waals surface area contributed by atoms with E-state index in [1.807, 2.05) is 13.8 Å². The van der Waals surface area contributed by atoms with Gasteiger partial charge < -0.3 is 5.32 Å². The lowest BCUT2D eigenvalue weighted by Gasteiger charge is -2.07. The molecule has 18 heavy (non-hydrogen) atoms. The Balaban J connectivity index is 2.10. The van der Waals surface area contributed by atoms with Crippen LogP contribution in [-0.2, 0) is 11.8 Å². The highest BCUT2D eigenvalue weighted by molar-refractivity contribution is 8.00. The van der Waals surface area contributed by atoms with Crippen LogP contribution in [0.1, 0.15) is 13.8 Å². The van der Waals surface area contributed by atoms with Crippen molar-refractivity contribution in [1.29, 1.82) is 0 Å². The summed E-state index contributed by atoms with van der Waals surface area (Å²) in [4.78, 5) is 19.8. The van der Waals surface area contributed by atoms with E-state index >= 15 is 0 Å². The molecule has 0 aliphatic rings. The first-order valence-electron chi connectivity index (χ1n) is 5.50. The van der Waals surface area contributed by atoms with Crippen molar-refractivity contribution in [3.63, 3.8) is 0 Å². The molecule has 2 aromatic heterocycles. The molecular weight excluding hydrogens is 252 g/mol. The second-order valence-corrected chi connectivity index (χ2v) is 5.04. The summed E-state index contributed by atoms with van der Waals surface area (Å²) >= 11 is 1.33. The third-order valence-corrected chi connectivity index (χ3v) is 3.12. The van der Waals surface area contributed by atoms with Gasteiger partial charge in [-0.25, -0.2) is 14.6 Å². The van der Waals surface area contributed by atoms with E-state index in [2.05, 4.69) is 25.6 Å². The molecule has 0 aliphatic heterocycles. The van der Waals surface area contributed by atoms with E-state index in [1.165, 1.54) is 18.1 Å². The summed E-state index contributed by atoms with van der Waals surface area (Å²) in [5.74, 6) is 0.284. The third-order valence-electron chi connectivity index (χ3n) is 2.14. The fourth-order valence-electron chi connectivity index (χ4n) is 1.44. The van der Waals surface area contributed by atoms with Crippen molar-refractivity contribution in [3.05, 3.63) is 6.33 Å². The monoisotopic (exact) mass is 266 g/mol. The summed E-state index contributed by atoms with van der Waals surface area (Å²) in [6, 6.07) is 0.139. The normalized spacial score (nSPS) is 11.1. The van der Waals surface area contributed by atoms with E-state index in [-0.39, 0.29) is 11.9 Å². The molecule has 0 atom stereocenters. The fraction of sp³-hybridized carbons (Fsp3) is 0.500. The van der Waals surface area contributed by atoms with Gasteiger partial charge in [0.25, 0.3) is 0 Å². The lowest BCUT2D eigenvalue weighted by atomic mass is 10.4. The summed E-state index contributed by atoms with van der Waals surface area (Å²) in [6.45, 7) is 3.85. The summed E-state index contributed by atoms with van der Waals surface area (Å²) in [6.07, 6.45) is 1.45. The lowest BCUT2D eigenvalue weighted by molar-refractivity contribution is -0.119. The molecule has 0 aromatic carbocycles. The molecule has 0 spiro atoms. The molecule has 0 radical (unpaired) electrons. The van der Waals surface area contributed by atoms with Crippen LogP contribution in [0.5, 0.6) is 0 Å². The molecule has 1 amide bonds. The largest absolute Gasteiger partial charge is 0.353 e. The number of nitrogens with one attached hydrogen (secondary N) is 1. The van der Waals surface area contributed by atoms with Crippen molar-refractivity contribution < 1.29 is 4.79 Å². The number of carbonyl (C=O) groups excluding carboxylic acids is 1. The Hall–Kier alpha value is -1.70. The molecule has 2 aromatic rings. The maximum atomic E-state index is 11.6. The zero-order chi connectivity index (χ0) is 13.1. The van der Waals surface area contributed by atoms with Gasteiger partial charge in [-0.1, -0.05) is 17.0 Å². The number of aromatic nitrogens is 5. The standard InChI is InChI=1S/C10H14N6OS/c1-6(2)13-7(17)4-18-10-8-9(11-5-12-10)16(3)15-14-8/h5-6H,4H2,1-3H3,(H,13,17). The van der Waals surface area contributed by atoms with Gasteiger partial charge in [0.05, 0.1) is 5.75 Å². The Labute approximate surface area is 108 Å². The predicted octanol–water partition coefficient (Wildman–Crippen LogP) is 0.375. The topological polar surface area (TPSA) is 85.6 Å². The minimum Gasteiger partial charge on any atom is -0.353 e. The molecule has 0 unspecified atom stereocenters. The SMILES string of the molecule is CC(C)NC(=O)CSc1ncnc2c1nnn2C. The van der Waals surface area contributed by atoms with E-state index in [0.29, 0.717) is 21.9 Å². The predicted molar refractivity (Wildman–Crippen MR) is 68.1 cm³/mol. The van der Waals surface area contributed by atoms with Crippen LogP contribution in [-0.4, -0.2) is 42.7 Å². The Morgan fingerprint density at radius 3 is 3.00 bits per heavy atom. The molecule has 0 aliphatic carbocycles. The van der Waals surface area contributed by atoms with Gasteiger partial charge >= 0.3 is 0 Å². The Morgan fingerprint density at radius 1 is 1.50 bits per heavy atom. The highest BCUT2D eigenvalue weighted by atomic mass is 32.2. The average Bonchev–Trinajstić information content (AvgIpc) is 2.68. The van der Waals surface area contributed by atoms with E-state index in [4.69, 9.17) is 0 Å². The van der Waals surface area contributed by atoms with Gasteiger partial charge in [-0.2, -0.15) is 0 Å². The molecule has 0 fully saturated rings. The highest BCUT2D eigenvalue weighted by Crippen LogP contribution is 2.21. The Kier molecular flexibility index (Phi) is 3.75. The number of nitrogens with zero attached hydrogens (tertiary/aromatic N) is 5. The van der Waals surface area contributed by atoms with Gasteiger partial charge in [0.1, 0.15) is 11.4 Å². The maximum absolute atomic E-state index is 11.6. The quantitative estimate of drug-likeness (QED) is 0.636. The van der Waals surface area contributed by atoms with Crippen molar-refractivity contribution in [2.24, 2.45) is 7.05 Å². The first-order chi connectivity index (χ1) is 8.58. The van der Waals surface area contributed by atoms with Crippen molar-refractivity contribution in [3.8, 4) is 0 Å². The molecule has 7 nitrogen and oxygen atoms in total. The molecule has 8 heteroatoms. The van der Waals surface area contributed by atoms with Crippen molar-refractivity contribution >= 4 is 28.8 Å². The van der Waals surface area contributed by atoms with E-state index < -0.39 is 0 Å². The smallest absolute Gasteiger partial charge is 0.230 e. The van der Waals surface area contributed by atoms with Gasteiger partial charge in [0, 0.05) is 13.1 Å². The highest BCUT2D eigenvalue weighted by Gasteiger charge is 2.12. The minimum absolute atomic E-state index is 0.0225. The van der Waals surface area contributed by atoms with Gasteiger partial charge in [-0.15, -0.1) is 5.10 Å². The lowest BCUT2D eigenvalue weighted by Crippen LogP contribution is -2.31. The number of hydrogen-bond acceptors (Lipinski definition) is 6. The number of thioether (sulfide) groups is 1. The number of hydrogen-bond donors (Lipinski definition) is 1. The molecule has 0 bridgehead atoms. The van der Waals surface area contributed by atoms with Crippen LogP contribution in [0.2, 0.25) is 0 Å². The van der Waals surface area contributed by atoms with Gasteiger partial charge in [0.15, 0.2) is 11.2 Å². The third kappa shape index (κ3) is 2.76. The van der Waals surface area contributed by atoms with Crippen LogP contribution >= 0.6 is 11.8 Å². The maximum Gasteiger partial charge on any atom is 0.230 e. The molecule has 96 valence electrons. The van der Waals surface area contributed by atoms with Gasteiger partial charge in [-0.05, 0) is 13.8 Å². The second kappa shape index (κ2) is 5.30. The molecule has 2 heterocycles. The first-order valence-corrected chi connectivity index (χ1v) is 6.49. The molecule has 1 N–H and O–H groups in total. The Morgan fingerprint density at radius 2 is 2.28 bits per heavy atom. The molecule has 0 saturated carbocycles. The molecule has 0 saturated heterocycles. The van der Waals surface area contributed by atoms with E-state index in [9.17, 15) is 4.79 Å². The fourth-order valence-corrected chi connectivity index (χ4v) is 2.18. The minimum atomic E-state index is -0.0225. The second-order valence-electron chi connectivity index (χ2n) is 4.07. The molecular formula is C10H14N6OS. The summed E-state index contributed by atoms with van der Waals surface area (Å²) in [5, 5.41) is 11.4. The first kappa shape index (κ1) is 12.7. The van der Waals surface area contributed by atoms with Gasteiger partial charge in [0.2, 0.25) is 5.91 Å². The van der Waals surface area contributed by atoms with Crippen LogP contribution < -0.4 is 5.32 Å². The van der Waals surface area contributed by atoms with Crippen molar-refractivity contribution in [2.45, 2.75) is 24.9 Å². The summed E-state index contributed by atoms with van der Waals surface area (Å²) in [7, 11) is 1.77. The van der Waals surface area contributed by atoms with E-state index in [1.54, 1.807) is 11.7 Å². The number of aryl methyl sites for hydroxylation is 1. The number of amides is 1. The van der Waals surface area contributed by atoms with Crippen LogP contribution in [0.3, 0.4) is 0 Å². The zero-order valence-electron chi connectivity index (χ0n) is 10.4. The van der Waals surface area contributed by atoms with Crippen molar-refractivity contribution in [2.75, 3.05) is 5.75 Å². The van der Waals surface area contributed by atoms with Crippen LogP contribution in [0.25, 0.3) is 11.2 Å². The average molecular weight is 266 g/mol. The zero-order valence-corrected chi connectivity index (χ0v) is 11.2.